The summed E-state index contributed by atoms with van der Waals surface area (Å²) >= 11 is 1.30. The number of ketones is 1. The van der Waals surface area contributed by atoms with Gasteiger partial charge in [-0.2, -0.15) is 0 Å². The van der Waals surface area contributed by atoms with Crippen LogP contribution in [0, 0.1) is 6.92 Å². The maximum Gasteiger partial charge on any atom is 0.263 e. The standard InChI is InChI=1S/C14H16N2O3S2/c1-4-13-10(3)20-14(15-13)16-21(18,19)12-7-5-6-11(8-12)9(2)17/h5-8H,4H2,1-3H3,(H,15,16). The van der Waals surface area contributed by atoms with Crippen LogP contribution in [0.5, 0.6) is 0 Å². The molecule has 0 atom stereocenters. The molecule has 5 nitrogen and oxygen atoms in total. The highest BCUT2D eigenvalue weighted by Crippen LogP contribution is 2.25. The second-order valence-corrected chi connectivity index (χ2v) is 7.45. The summed E-state index contributed by atoms with van der Waals surface area (Å²) in [6.07, 6.45) is 0.754. The van der Waals surface area contributed by atoms with Gasteiger partial charge in [-0.25, -0.2) is 13.4 Å². The lowest BCUT2D eigenvalue weighted by atomic mass is 10.2. The van der Waals surface area contributed by atoms with Crippen LogP contribution in [0.1, 0.15) is 34.8 Å². The van der Waals surface area contributed by atoms with E-state index in [0.717, 1.165) is 17.0 Å². The summed E-state index contributed by atoms with van der Waals surface area (Å²) in [5, 5.41) is 0.345. The van der Waals surface area contributed by atoms with Crippen LogP contribution in [0.3, 0.4) is 0 Å². The Labute approximate surface area is 128 Å². The van der Waals surface area contributed by atoms with Gasteiger partial charge in [0.1, 0.15) is 0 Å². The van der Waals surface area contributed by atoms with E-state index in [2.05, 4.69) is 9.71 Å². The number of carbonyl (C=O) groups is 1. The summed E-state index contributed by atoms with van der Waals surface area (Å²) in [6.45, 7) is 5.28. The highest BCUT2D eigenvalue weighted by atomic mass is 32.2. The molecule has 0 spiro atoms. The molecule has 0 amide bonds. The zero-order valence-electron chi connectivity index (χ0n) is 12.0. The maximum atomic E-state index is 12.3. The molecule has 0 bridgehead atoms. The lowest BCUT2D eigenvalue weighted by Gasteiger charge is -2.06. The van der Waals surface area contributed by atoms with Crippen molar-refractivity contribution in [1.82, 2.24) is 4.98 Å². The first-order valence-corrected chi connectivity index (χ1v) is 8.73. The molecule has 0 aliphatic heterocycles. The van der Waals surface area contributed by atoms with Gasteiger partial charge in [0.05, 0.1) is 10.6 Å². The minimum Gasteiger partial charge on any atom is -0.295 e. The second kappa shape index (κ2) is 5.95. The van der Waals surface area contributed by atoms with Crippen molar-refractivity contribution < 1.29 is 13.2 Å². The molecule has 7 heteroatoms. The van der Waals surface area contributed by atoms with Crippen molar-refractivity contribution in [3.63, 3.8) is 0 Å². The third-order valence-corrected chi connectivity index (χ3v) is 5.39. The van der Waals surface area contributed by atoms with E-state index in [-0.39, 0.29) is 10.7 Å². The maximum absolute atomic E-state index is 12.3. The number of nitrogens with one attached hydrogen (secondary N) is 1. The molecule has 2 aromatic rings. The number of anilines is 1. The van der Waals surface area contributed by atoms with E-state index in [4.69, 9.17) is 0 Å². The van der Waals surface area contributed by atoms with E-state index in [1.165, 1.54) is 30.4 Å². The van der Waals surface area contributed by atoms with E-state index >= 15 is 0 Å². The monoisotopic (exact) mass is 324 g/mol. The smallest absolute Gasteiger partial charge is 0.263 e. The molecule has 0 fully saturated rings. The van der Waals surface area contributed by atoms with Crippen LogP contribution in [0.4, 0.5) is 5.13 Å². The molecular formula is C14H16N2O3S2. The van der Waals surface area contributed by atoms with E-state index < -0.39 is 10.0 Å². The summed E-state index contributed by atoms with van der Waals surface area (Å²) in [5.41, 5.74) is 1.25. The van der Waals surface area contributed by atoms with Crippen molar-refractivity contribution in [2.24, 2.45) is 0 Å². The molecule has 1 N–H and O–H groups in total. The number of hydrogen-bond acceptors (Lipinski definition) is 5. The molecule has 2 rings (SSSR count). The Kier molecular flexibility index (Phi) is 4.43. The Hall–Kier alpha value is -1.73. The molecule has 1 aromatic carbocycles. The first-order valence-electron chi connectivity index (χ1n) is 6.43. The van der Waals surface area contributed by atoms with Gasteiger partial charge < -0.3 is 0 Å². The van der Waals surface area contributed by atoms with Crippen molar-refractivity contribution in [1.29, 1.82) is 0 Å². The van der Waals surface area contributed by atoms with Crippen LogP contribution in [-0.2, 0) is 16.4 Å². The van der Waals surface area contributed by atoms with Crippen LogP contribution < -0.4 is 4.72 Å². The summed E-state index contributed by atoms with van der Waals surface area (Å²) in [6, 6.07) is 5.96. The Morgan fingerprint density at radius 1 is 1.38 bits per heavy atom. The minimum absolute atomic E-state index is 0.0566. The average Bonchev–Trinajstić information content (AvgIpc) is 2.78. The van der Waals surface area contributed by atoms with E-state index in [9.17, 15) is 13.2 Å². The predicted octanol–water partition coefficient (Wildman–Crippen LogP) is 3.02. The van der Waals surface area contributed by atoms with Crippen LogP contribution in [0.15, 0.2) is 29.2 Å². The first kappa shape index (κ1) is 15.7. The number of aryl methyl sites for hydroxylation is 2. The number of carbonyl (C=O) groups excluding carboxylic acids is 1. The van der Waals surface area contributed by atoms with Crippen molar-refractivity contribution in [3.05, 3.63) is 40.4 Å². The zero-order valence-corrected chi connectivity index (χ0v) is 13.6. The van der Waals surface area contributed by atoms with Gasteiger partial charge in [-0.05, 0) is 32.4 Å². The third-order valence-electron chi connectivity index (χ3n) is 3.00. The van der Waals surface area contributed by atoms with Crippen LogP contribution >= 0.6 is 11.3 Å². The van der Waals surface area contributed by atoms with Gasteiger partial charge in [-0.3, -0.25) is 9.52 Å². The number of sulfonamides is 1. The second-order valence-electron chi connectivity index (χ2n) is 4.56. The third kappa shape index (κ3) is 3.48. The van der Waals surface area contributed by atoms with E-state index in [1.54, 1.807) is 12.1 Å². The minimum atomic E-state index is -3.74. The van der Waals surface area contributed by atoms with Crippen molar-refractivity contribution in [3.8, 4) is 0 Å². The molecule has 21 heavy (non-hydrogen) atoms. The summed E-state index contributed by atoms with van der Waals surface area (Å²) in [7, 11) is -3.74. The Morgan fingerprint density at radius 3 is 2.67 bits per heavy atom. The van der Waals surface area contributed by atoms with Crippen molar-refractivity contribution in [2.75, 3.05) is 4.72 Å². The number of aromatic nitrogens is 1. The lowest BCUT2D eigenvalue weighted by molar-refractivity contribution is 0.101. The van der Waals surface area contributed by atoms with Gasteiger partial charge in [0, 0.05) is 10.4 Å². The molecule has 0 unspecified atom stereocenters. The Bertz CT molecular complexity index is 779. The Morgan fingerprint density at radius 2 is 2.10 bits per heavy atom. The van der Waals surface area contributed by atoms with Gasteiger partial charge >= 0.3 is 0 Å². The predicted molar refractivity (Wildman–Crippen MR) is 83.5 cm³/mol. The highest BCUT2D eigenvalue weighted by Gasteiger charge is 2.18. The van der Waals surface area contributed by atoms with Gasteiger partial charge in [-0.15, -0.1) is 11.3 Å². The summed E-state index contributed by atoms with van der Waals surface area (Å²) in [4.78, 5) is 16.7. The molecule has 1 heterocycles. The van der Waals surface area contributed by atoms with Gasteiger partial charge in [0.25, 0.3) is 10.0 Å². The number of benzene rings is 1. The Balaban J connectivity index is 2.33. The molecule has 0 radical (unpaired) electrons. The molecule has 1 aromatic heterocycles. The van der Waals surface area contributed by atoms with Gasteiger partial charge in [0.2, 0.25) is 0 Å². The fourth-order valence-electron chi connectivity index (χ4n) is 1.86. The fourth-order valence-corrected chi connectivity index (χ4v) is 4.04. The molecule has 0 aliphatic rings. The summed E-state index contributed by atoms with van der Waals surface area (Å²) < 4.78 is 27.1. The zero-order chi connectivity index (χ0) is 15.6. The fraction of sp³-hybridized carbons (Fsp3) is 0.286. The van der Waals surface area contributed by atoms with E-state index in [0.29, 0.717) is 10.7 Å². The first-order chi connectivity index (χ1) is 9.83. The number of Topliss-reactive ketones (excluding diaryl/α,β-unsaturated/α-hetero) is 1. The van der Waals surface area contributed by atoms with Gasteiger partial charge in [-0.1, -0.05) is 19.1 Å². The SMILES string of the molecule is CCc1nc(NS(=O)(=O)c2cccc(C(C)=O)c2)sc1C. The van der Waals surface area contributed by atoms with Gasteiger partial charge in [0.15, 0.2) is 10.9 Å². The number of hydrogen-bond donors (Lipinski definition) is 1. The molecule has 0 saturated carbocycles. The quantitative estimate of drug-likeness (QED) is 0.858. The molecule has 0 saturated heterocycles. The highest BCUT2D eigenvalue weighted by molar-refractivity contribution is 7.93. The molecular weight excluding hydrogens is 308 g/mol. The lowest BCUT2D eigenvalue weighted by Crippen LogP contribution is -2.13. The van der Waals surface area contributed by atoms with E-state index in [1.807, 2.05) is 13.8 Å². The van der Waals surface area contributed by atoms with Crippen molar-refractivity contribution >= 4 is 32.3 Å². The van der Waals surface area contributed by atoms with Crippen molar-refractivity contribution in [2.45, 2.75) is 32.1 Å². The number of thiazole rings is 1. The normalized spacial score (nSPS) is 11.4. The number of nitrogens with zero attached hydrogens (tertiary/aromatic N) is 1. The van der Waals surface area contributed by atoms with Crippen LogP contribution in [-0.4, -0.2) is 19.2 Å². The topological polar surface area (TPSA) is 76.1 Å². The average molecular weight is 324 g/mol. The van der Waals surface area contributed by atoms with Crippen LogP contribution in [0.25, 0.3) is 0 Å². The largest absolute Gasteiger partial charge is 0.295 e. The number of rotatable bonds is 5. The molecule has 0 aliphatic carbocycles. The molecule has 112 valence electrons. The summed E-state index contributed by atoms with van der Waals surface area (Å²) in [5.74, 6) is -0.176. The van der Waals surface area contributed by atoms with Crippen LogP contribution in [0.2, 0.25) is 0 Å².